The molecule has 0 aliphatic carbocycles. The van der Waals surface area contributed by atoms with Crippen LogP contribution in [-0.4, -0.2) is 96.7 Å². The first-order chi connectivity index (χ1) is 44.4. The maximum atomic E-state index is 13.1. The van der Waals surface area contributed by atoms with Gasteiger partial charge in [-0.15, -0.1) is 0 Å². The van der Waals surface area contributed by atoms with Gasteiger partial charge in [-0.3, -0.25) is 37.3 Å². The Labute approximate surface area is 562 Å². The Morgan fingerprint density at radius 3 is 0.739 bits per heavy atom. The summed E-state index contributed by atoms with van der Waals surface area (Å²) in [5.74, 6) is -0.614. The van der Waals surface area contributed by atoms with Crippen LogP contribution in [-0.2, 0) is 65.4 Å². The first kappa shape index (κ1) is 90.1. The third-order valence-electron chi connectivity index (χ3n) is 17.0. The summed E-state index contributed by atoms with van der Waals surface area (Å²) in [4.78, 5) is 72.7. The van der Waals surface area contributed by atoms with Gasteiger partial charge in [0.15, 0.2) is 12.2 Å². The smallest absolute Gasteiger partial charge is 0.462 e. The molecule has 0 aliphatic rings. The molecule has 0 radical (unpaired) electrons. The van der Waals surface area contributed by atoms with E-state index in [0.29, 0.717) is 25.7 Å². The van der Waals surface area contributed by atoms with Crippen molar-refractivity contribution in [1.29, 1.82) is 0 Å². The molecule has 0 heterocycles. The van der Waals surface area contributed by atoms with Gasteiger partial charge in [0.2, 0.25) is 0 Å². The Kier molecular flexibility index (Phi) is 63.7. The molecule has 0 saturated carbocycles. The summed E-state index contributed by atoms with van der Waals surface area (Å²) >= 11 is 0. The number of ether oxygens (including phenoxy) is 4. The summed E-state index contributed by atoms with van der Waals surface area (Å²) in [5, 5.41) is 10.6. The lowest BCUT2D eigenvalue weighted by molar-refractivity contribution is -0.161. The Bertz CT molecular complexity index is 1790. The van der Waals surface area contributed by atoms with Crippen molar-refractivity contribution < 1.29 is 80.2 Å². The number of esters is 4. The summed E-state index contributed by atoms with van der Waals surface area (Å²) in [6.07, 6.45) is 51.2. The number of phosphoric acid groups is 2. The molecule has 92 heavy (non-hydrogen) atoms. The SMILES string of the molecule is CCCCCCCCCCCCCCCC(=O)OC[C@H](COP(=O)(O)OC[C@@H](O)COP(=O)(O)OC[C@@H](COC(=O)CCCCCCCCCCC(C)C)OC(=O)CCCCCCCCCCCCCCC)OC(=O)CCCCCCCCCCCCCCC(C)C. The molecule has 0 fully saturated rings. The van der Waals surface area contributed by atoms with Crippen molar-refractivity contribution >= 4 is 39.5 Å². The minimum Gasteiger partial charge on any atom is -0.462 e. The minimum absolute atomic E-state index is 0.107. The average molecular weight is 1350 g/mol. The summed E-state index contributed by atoms with van der Waals surface area (Å²) in [6.45, 7) is 9.56. The van der Waals surface area contributed by atoms with Gasteiger partial charge in [0.05, 0.1) is 26.4 Å². The zero-order valence-electron chi connectivity index (χ0n) is 59.9. The fraction of sp³-hybridized carbons (Fsp3) is 0.945. The van der Waals surface area contributed by atoms with E-state index in [1.807, 2.05) is 0 Å². The van der Waals surface area contributed by atoms with E-state index in [1.165, 1.54) is 193 Å². The third kappa shape index (κ3) is 66.7. The van der Waals surface area contributed by atoms with Crippen LogP contribution in [0.2, 0.25) is 0 Å². The number of aliphatic hydroxyl groups is 1. The molecule has 0 aromatic heterocycles. The molecule has 0 rings (SSSR count). The molecule has 0 amide bonds. The number of hydrogen-bond acceptors (Lipinski definition) is 15. The Morgan fingerprint density at radius 1 is 0.293 bits per heavy atom. The minimum atomic E-state index is -4.95. The quantitative estimate of drug-likeness (QED) is 0.0222. The van der Waals surface area contributed by atoms with Crippen LogP contribution in [0, 0.1) is 11.8 Å². The predicted octanol–water partition coefficient (Wildman–Crippen LogP) is 21.2. The second-order valence-electron chi connectivity index (χ2n) is 27.3. The highest BCUT2D eigenvalue weighted by molar-refractivity contribution is 7.47. The molecule has 2 unspecified atom stereocenters. The first-order valence-corrected chi connectivity index (χ1v) is 41.0. The molecule has 19 heteroatoms. The molecule has 0 saturated heterocycles. The molecule has 3 N–H and O–H groups in total. The van der Waals surface area contributed by atoms with Crippen LogP contribution in [0.1, 0.15) is 375 Å². The van der Waals surface area contributed by atoms with Crippen molar-refractivity contribution in [1.82, 2.24) is 0 Å². The molecule has 0 bridgehead atoms. The number of phosphoric ester groups is 2. The molecular weight excluding hydrogens is 1210 g/mol. The summed E-state index contributed by atoms with van der Waals surface area (Å²) in [7, 11) is -9.91. The monoisotopic (exact) mass is 1350 g/mol. The van der Waals surface area contributed by atoms with Gasteiger partial charge in [-0.25, -0.2) is 9.13 Å². The number of hydrogen-bond donors (Lipinski definition) is 3. The van der Waals surface area contributed by atoms with E-state index in [-0.39, 0.29) is 25.7 Å². The molecular formula is C73H142O17P2. The summed E-state index contributed by atoms with van der Waals surface area (Å²) < 4.78 is 68.4. The lowest BCUT2D eigenvalue weighted by atomic mass is 10.0. The highest BCUT2D eigenvalue weighted by atomic mass is 31.2. The lowest BCUT2D eigenvalue weighted by Gasteiger charge is -2.21. The van der Waals surface area contributed by atoms with Gasteiger partial charge in [0.25, 0.3) is 0 Å². The Balaban J connectivity index is 5.26. The van der Waals surface area contributed by atoms with E-state index < -0.39 is 97.5 Å². The van der Waals surface area contributed by atoms with Crippen molar-refractivity contribution in [2.24, 2.45) is 11.8 Å². The lowest BCUT2D eigenvalue weighted by Crippen LogP contribution is -2.30. The number of carbonyl (C=O) groups is 4. The van der Waals surface area contributed by atoms with Gasteiger partial charge in [-0.05, 0) is 37.5 Å². The van der Waals surface area contributed by atoms with Crippen LogP contribution >= 0.6 is 15.6 Å². The van der Waals surface area contributed by atoms with Crippen LogP contribution in [0.15, 0.2) is 0 Å². The number of aliphatic hydroxyl groups excluding tert-OH is 1. The predicted molar refractivity (Wildman–Crippen MR) is 372 cm³/mol. The van der Waals surface area contributed by atoms with Crippen LogP contribution in [0.3, 0.4) is 0 Å². The summed E-state index contributed by atoms with van der Waals surface area (Å²) in [5.41, 5.74) is 0. The van der Waals surface area contributed by atoms with Gasteiger partial charge >= 0.3 is 39.5 Å². The van der Waals surface area contributed by atoms with E-state index in [0.717, 1.165) is 102 Å². The van der Waals surface area contributed by atoms with Gasteiger partial charge in [0.1, 0.15) is 19.3 Å². The molecule has 0 aromatic rings. The normalized spacial score (nSPS) is 14.1. The largest absolute Gasteiger partial charge is 0.472 e. The fourth-order valence-electron chi connectivity index (χ4n) is 11.1. The maximum absolute atomic E-state index is 13.1. The van der Waals surface area contributed by atoms with Crippen molar-refractivity contribution in [3.05, 3.63) is 0 Å². The molecule has 0 aliphatic heterocycles. The molecule has 0 aromatic carbocycles. The second-order valence-corrected chi connectivity index (χ2v) is 30.2. The number of carbonyl (C=O) groups excluding carboxylic acids is 4. The van der Waals surface area contributed by atoms with Crippen LogP contribution in [0.25, 0.3) is 0 Å². The standard InChI is InChI=1S/C73H142O17P2/c1-7-9-11-13-15-17-19-21-26-30-37-43-49-55-70(75)83-61-68(89-73(78)58-52-46-40-32-28-24-23-25-29-35-41-47-53-65(3)4)63-87-91(79,80)85-59-67(74)60-86-92(81,82)88-64-69(62-84-71(76)56-50-44-38-34-33-36-42-48-54-66(5)6)90-72(77)57-51-45-39-31-27-22-20-18-16-14-12-10-8-2/h65-69,74H,7-64H2,1-6H3,(H,79,80)(H,81,82)/t67-,68-,69-/m1/s1. The number of rotatable bonds is 72. The van der Waals surface area contributed by atoms with Crippen molar-refractivity contribution in [3.8, 4) is 0 Å². The summed E-state index contributed by atoms with van der Waals surface area (Å²) in [6, 6.07) is 0. The third-order valence-corrected chi connectivity index (χ3v) is 18.9. The Morgan fingerprint density at radius 2 is 0.500 bits per heavy atom. The fourth-order valence-corrected chi connectivity index (χ4v) is 12.7. The van der Waals surface area contributed by atoms with Crippen molar-refractivity contribution in [2.75, 3.05) is 39.6 Å². The average Bonchev–Trinajstić information content (AvgIpc) is 2.43. The molecule has 0 spiro atoms. The van der Waals surface area contributed by atoms with Gasteiger partial charge in [0, 0.05) is 25.7 Å². The van der Waals surface area contributed by atoms with Gasteiger partial charge in [-0.2, -0.15) is 0 Å². The van der Waals surface area contributed by atoms with Crippen molar-refractivity contribution in [2.45, 2.75) is 394 Å². The highest BCUT2D eigenvalue weighted by Crippen LogP contribution is 2.45. The van der Waals surface area contributed by atoms with Gasteiger partial charge in [-0.1, -0.05) is 324 Å². The maximum Gasteiger partial charge on any atom is 0.472 e. The van der Waals surface area contributed by atoms with E-state index >= 15 is 0 Å². The highest BCUT2D eigenvalue weighted by Gasteiger charge is 2.30. The molecule has 5 atom stereocenters. The molecule has 17 nitrogen and oxygen atoms in total. The first-order valence-electron chi connectivity index (χ1n) is 38.0. The van der Waals surface area contributed by atoms with E-state index in [1.54, 1.807) is 0 Å². The van der Waals surface area contributed by atoms with Crippen LogP contribution in [0.4, 0.5) is 0 Å². The van der Waals surface area contributed by atoms with E-state index in [4.69, 9.17) is 37.0 Å². The van der Waals surface area contributed by atoms with E-state index in [9.17, 15) is 43.2 Å². The topological polar surface area (TPSA) is 237 Å². The zero-order chi connectivity index (χ0) is 67.9. The number of unbranched alkanes of at least 4 members (excludes halogenated alkanes) is 42. The van der Waals surface area contributed by atoms with Gasteiger partial charge < -0.3 is 33.8 Å². The second kappa shape index (κ2) is 65.0. The molecule has 546 valence electrons. The van der Waals surface area contributed by atoms with Crippen LogP contribution in [0.5, 0.6) is 0 Å². The van der Waals surface area contributed by atoms with Crippen LogP contribution < -0.4 is 0 Å². The zero-order valence-corrected chi connectivity index (χ0v) is 61.6. The van der Waals surface area contributed by atoms with Crippen molar-refractivity contribution in [3.63, 3.8) is 0 Å². The van der Waals surface area contributed by atoms with E-state index in [2.05, 4.69) is 41.5 Å². The Hall–Kier alpha value is -1.94.